The SMILES string of the molecule is CCc1nc2ccc(Cl)cn2c1C(=O)Nc1cc(C)ccc1OC. The number of ether oxygens (including phenoxy) is 1. The number of imidazole rings is 1. The van der Waals surface area contributed by atoms with Crippen molar-refractivity contribution in [3.63, 3.8) is 0 Å². The van der Waals surface area contributed by atoms with Crippen LogP contribution in [-0.4, -0.2) is 22.4 Å². The van der Waals surface area contributed by atoms with Crippen LogP contribution in [0, 0.1) is 6.92 Å². The number of benzene rings is 1. The standard InChI is InChI=1S/C18H18ClN3O2/c1-4-13-17(22-10-12(19)6-8-16(22)20-13)18(23)21-14-9-11(2)5-7-15(14)24-3/h5-10H,4H2,1-3H3,(H,21,23). The van der Waals surface area contributed by atoms with E-state index in [1.54, 1.807) is 29.8 Å². The lowest BCUT2D eigenvalue weighted by molar-refractivity contribution is 0.102. The molecule has 0 aliphatic carbocycles. The predicted molar refractivity (Wildman–Crippen MR) is 95.3 cm³/mol. The first-order chi connectivity index (χ1) is 11.5. The Labute approximate surface area is 145 Å². The van der Waals surface area contributed by atoms with Crippen molar-refractivity contribution in [2.24, 2.45) is 0 Å². The van der Waals surface area contributed by atoms with Crippen LogP contribution in [0.5, 0.6) is 5.75 Å². The van der Waals surface area contributed by atoms with Crippen molar-refractivity contribution in [2.45, 2.75) is 20.3 Å². The van der Waals surface area contributed by atoms with E-state index < -0.39 is 0 Å². The Kier molecular flexibility index (Phi) is 4.44. The molecule has 2 aromatic heterocycles. The fourth-order valence-electron chi connectivity index (χ4n) is 2.66. The lowest BCUT2D eigenvalue weighted by Gasteiger charge is -2.11. The maximum atomic E-state index is 12.9. The van der Waals surface area contributed by atoms with Gasteiger partial charge in [0.25, 0.3) is 5.91 Å². The van der Waals surface area contributed by atoms with E-state index in [1.165, 1.54) is 0 Å². The summed E-state index contributed by atoms with van der Waals surface area (Å²) < 4.78 is 7.04. The van der Waals surface area contributed by atoms with Gasteiger partial charge in [-0.05, 0) is 43.2 Å². The molecule has 0 fully saturated rings. The number of halogens is 1. The zero-order chi connectivity index (χ0) is 17.3. The quantitative estimate of drug-likeness (QED) is 0.775. The molecule has 0 saturated heterocycles. The van der Waals surface area contributed by atoms with Crippen molar-refractivity contribution < 1.29 is 9.53 Å². The zero-order valence-corrected chi connectivity index (χ0v) is 14.5. The summed E-state index contributed by atoms with van der Waals surface area (Å²) in [7, 11) is 1.58. The molecule has 0 bridgehead atoms. The number of rotatable bonds is 4. The van der Waals surface area contributed by atoms with Gasteiger partial charge in [-0.1, -0.05) is 24.6 Å². The van der Waals surface area contributed by atoms with Gasteiger partial charge in [0.15, 0.2) is 0 Å². The normalized spacial score (nSPS) is 10.8. The van der Waals surface area contributed by atoms with E-state index >= 15 is 0 Å². The molecule has 2 heterocycles. The topological polar surface area (TPSA) is 55.6 Å². The summed E-state index contributed by atoms with van der Waals surface area (Å²) in [6.07, 6.45) is 2.35. The second-order valence-electron chi connectivity index (χ2n) is 5.49. The van der Waals surface area contributed by atoms with E-state index in [0.29, 0.717) is 34.2 Å². The molecule has 3 rings (SSSR count). The number of aromatic nitrogens is 2. The molecule has 5 nitrogen and oxygen atoms in total. The molecule has 0 saturated carbocycles. The van der Waals surface area contributed by atoms with Crippen LogP contribution in [0.15, 0.2) is 36.5 Å². The van der Waals surface area contributed by atoms with Gasteiger partial charge in [-0.2, -0.15) is 0 Å². The fourth-order valence-corrected chi connectivity index (χ4v) is 2.82. The van der Waals surface area contributed by atoms with Crippen molar-refractivity contribution in [3.05, 3.63) is 58.5 Å². The Hall–Kier alpha value is -2.53. The predicted octanol–water partition coefficient (Wildman–Crippen LogP) is 4.12. The summed E-state index contributed by atoms with van der Waals surface area (Å²) in [6, 6.07) is 9.19. The monoisotopic (exact) mass is 343 g/mol. The molecule has 0 unspecified atom stereocenters. The molecule has 24 heavy (non-hydrogen) atoms. The van der Waals surface area contributed by atoms with Crippen LogP contribution in [0.2, 0.25) is 5.02 Å². The van der Waals surface area contributed by atoms with Gasteiger partial charge >= 0.3 is 0 Å². The third-order valence-corrected chi connectivity index (χ3v) is 4.03. The lowest BCUT2D eigenvalue weighted by atomic mass is 10.2. The summed E-state index contributed by atoms with van der Waals surface area (Å²) in [5.74, 6) is 0.365. The number of fused-ring (bicyclic) bond motifs is 1. The minimum atomic E-state index is -0.245. The number of methoxy groups -OCH3 is 1. The van der Waals surface area contributed by atoms with Gasteiger partial charge in [0.2, 0.25) is 0 Å². The highest BCUT2D eigenvalue weighted by Gasteiger charge is 2.19. The van der Waals surface area contributed by atoms with E-state index in [0.717, 1.165) is 11.3 Å². The van der Waals surface area contributed by atoms with Gasteiger partial charge in [-0.25, -0.2) is 4.98 Å². The Morgan fingerprint density at radius 1 is 1.33 bits per heavy atom. The molecule has 0 radical (unpaired) electrons. The molecule has 124 valence electrons. The number of carbonyl (C=O) groups excluding carboxylic acids is 1. The van der Waals surface area contributed by atoms with Crippen LogP contribution in [0.4, 0.5) is 5.69 Å². The number of pyridine rings is 1. The minimum absolute atomic E-state index is 0.245. The molecule has 6 heteroatoms. The van der Waals surface area contributed by atoms with Crippen LogP contribution in [0.3, 0.4) is 0 Å². The summed E-state index contributed by atoms with van der Waals surface area (Å²) >= 11 is 6.08. The van der Waals surface area contributed by atoms with Gasteiger partial charge in [0, 0.05) is 6.20 Å². The van der Waals surface area contributed by atoms with Gasteiger partial charge in [-0.15, -0.1) is 0 Å². The smallest absolute Gasteiger partial charge is 0.274 e. The van der Waals surface area contributed by atoms with Crippen LogP contribution >= 0.6 is 11.6 Å². The second-order valence-corrected chi connectivity index (χ2v) is 5.93. The maximum Gasteiger partial charge on any atom is 0.274 e. The molecular weight excluding hydrogens is 326 g/mol. The van der Waals surface area contributed by atoms with Crippen LogP contribution < -0.4 is 10.1 Å². The van der Waals surface area contributed by atoms with E-state index in [1.807, 2.05) is 32.0 Å². The van der Waals surface area contributed by atoms with E-state index in [9.17, 15) is 4.79 Å². The summed E-state index contributed by atoms with van der Waals surface area (Å²) in [5.41, 5.74) is 3.56. The Balaban J connectivity index is 2.06. The van der Waals surface area contributed by atoms with Crippen molar-refractivity contribution in [1.29, 1.82) is 0 Å². The number of nitrogens with one attached hydrogen (secondary N) is 1. The van der Waals surface area contributed by atoms with Crippen LogP contribution in [0.25, 0.3) is 5.65 Å². The zero-order valence-electron chi connectivity index (χ0n) is 13.8. The van der Waals surface area contributed by atoms with E-state index in [4.69, 9.17) is 16.3 Å². The molecule has 1 amide bonds. The highest BCUT2D eigenvalue weighted by atomic mass is 35.5. The number of aryl methyl sites for hydroxylation is 2. The number of amides is 1. The first-order valence-corrected chi connectivity index (χ1v) is 8.03. The second kappa shape index (κ2) is 6.53. The summed E-state index contributed by atoms with van der Waals surface area (Å²) in [5, 5.41) is 3.47. The molecule has 0 aliphatic rings. The largest absolute Gasteiger partial charge is 0.495 e. The van der Waals surface area contributed by atoms with E-state index in [-0.39, 0.29) is 5.91 Å². The van der Waals surface area contributed by atoms with Gasteiger partial charge in [0.05, 0.1) is 23.5 Å². The van der Waals surface area contributed by atoms with Crippen LogP contribution in [-0.2, 0) is 6.42 Å². The molecule has 0 atom stereocenters. The Bertz CT molecular complexity index is 918. The number of anilines is 1. The van der Waals surface area contributed by atoms with Gasteiger partial charge in [-0.3, -0.25) is 9.20 Å². The van der Waals surface area contributed by atoms with E-state index in [2.05, 4.69) is 10.3 Å². The Morgan fingerprint density at radius 2 is 2.12 bits per heavy atom. The molecule has 0 aliphatic heterocycles. The van der Waals surface area contributed by atoms with Gasteiger partial charge < -0.3 is 10.1 Å². The highest BCUT2D eigenvalue weighted by Crippen LogP contribution is 2.26. The average molecular weight is 344 g/mol. The Morgan fingerprint density at radius 3 is 2.83 bits per heavy atom. The van der Waals surface area contributed by atoms with Crippen molar-refractivity contribution in [3.8, 4) is 5.75 Å². The maximum absolute atomic E-state index is 12.9. The third-order valence-electron chi connectivity index (χ3n) is 3.81. The van der Waals surface area contributed by atoms with Gasteiger partial charge in [0.1, 0.15) is 17.1 Å². The van der Waals surface area contributed by atoms with Crippen molar-refractivity contribution in [1.82, 2.24) is 9.38 Å². The number of hydrogen-bond acceptors (Lipinski definition) is 3. The molecule has 1 aromatic carbocycles. The first kappa shape index (κ1) is 16.3. The molecular formula is C18H18ClN3O2. The minimum Gasteiger partial charge on any atom is -0.495 e. The fraction of sp³-hybridized carbons (Fsp3) is 0.222. The summed E-state index contributed by atoms with van der Waals surface area (Å²) in [6.45, 7) is 3.92. The number of nitrogens with zero attached hydrogens (tertiary/aromatic N) is 2. The number of carbonyl (C=O) groups is 1. The number of hydrogen-bond donors (Lipinski definition) is 1. The lowest BCUT2D eigenvalue weighted by Crippen LogP contribution is -2.17. The summed E-state index contributed by atoms with van der Waals surface area (Å²) in [4.78, 5) is 17.4. The first-order valence-electron chi connectivity index (χ1n) is 7.66. The highest BCUT2D eigenvalue weighted by molar-refractivity contribution is 6.30. The molecule has 0 spiro atoms. The molecule has 3 aromatic rings. The van der Waals surface area contributed by atoms with Crippen LogP contribution in [0.1, 0.15) is 28.7 Å². The third kappa shape index (κ3) is 2.95. The van der Waals surface area contributed by atoms with Crippen molar-refractivity contribution >= 4 is 28.8 Å². The van der Waals surface area contributed by atoms with Crippen molar-refractivity contribution in [2.75, 3.05) is 12.4 Å². The average Bonchev–Trinajstić information content (AvgIpc) is 2.92. The molecule has 1 N–H and O–H groups in total.